The molecular weight excluding hydrogens is 252 g/mol. The van der Waals surface area contributed by atoms with Crippen LogP contribution in [0, 0.1) is 0 Å². The maximum absolute atomic E-state index is 11.9. The molecule has 0 aromatic heterocycles. The molecule has 3 nitrogen and oxygen atoms in total. The maximum atomic E-state index is 11.9. The van der Waals surface area contributed by atoms with Crippen LogP contribution in [0.25, 0.3) is 0 Å². The van der Waals surface area contributed by atoms with Gasteiger partial charge in [0.2, 0.25) is 0 Å². The van der Waals surface area contributed by atoms with E-state index in [-0.39, 0.29) is 5.78 Å². The molecule has 1 aliphatic heterocycles. The van der Waals surface area contributed by atoms with Gasteiger partial charge in [0, 0.05) is 11.6 Å². The normalized spacial score (nSPS) is 17.4. The summed E-state index contributed by atoms with van der Waals surface area (Å²) in [5.74, 6) is 1.35. The van der Waals surface area contributed by atoms with Crippen molar-refractivity contribution in [2.75, 3.05) is 6.61 Å². The van der Waals surface area contributed by atoms with Crippen LogP contribution in [-0.4, -0.2) is 18.0 Å². The van der Waals surface area contributed by atoms with Crippen molar-refractivity contribution in [3.63, 3.8) is 0 Å². The van der Waals surface area contributed by atoms with Crippen molar-refractivity contribution in [3.8, 4) is 11.5 Å². The number of rotatable bonds is 3. The van der Waals surface area contributed by atoms with E-state index in [4.69, 9.17) is 21.1 Å². The fraction of sp³-hybridized carbons (Fsp3) is 0.357. The van der Waals surface area contributed by atoms with Crippen LogP contribution in [0.2, 0.25) is 0 Å². The van der Waals surface area contributed by atoms with Gasteiger partial charge in [-0.3, -0.25) is 4.79 Å². The van der Waals surface area contributed by atoms with Gasteiger partial charge in [-0.1, -0.05) is 11.6 Å². The Labute approximate surface area is 111 Å². The van der Waals surface area contributed by atoms with Gasteiger partial charge in [-0.25, -0.2) is 0 Å². The van der Waals surface area contributed by atoms with Gasteiger partial charge >= 0.3 is 0 Å². The number of carbonyl (C=O) groups is 1. The van der Waals surface area contributed by atoms with Crippen molar-refractivity contribution in [1.82, 2.24) is 0 Å². The Bertz CT molecular complexity index is 492. The number of halogens is 1. The molecule has 1 aliphatic rings. The molecule has 0 aliphatic carbocycles. The molecule has 0 N–H and O–H groups in total. The Morgan fingerprint density at radius 1 is 1.50 bits per heavy atom. The van der Waals surface area contributed by atoms with E-state index in [1.54, 1.807) is 24.3 Å². The van der Waals surface area contributed by atoms with Gasteiger partial charge in [0.05, 0.1) is 12.0 Å². The third kappa shape index (κ3) is 2.85. The average Bonchev–Trinajstić information content (AvgIpc) is 2.27. The number of carbonyl (C=O) groups excluding carboxylic acids is 1. The quantitative estimate of drug-likeness (QED) is 0.839. The van der Waals surface area contributed by atoms with Crippen LogP contribution >= 0.6 is 11.6 Å². The first-order valence-electron chi connectivity index (χ1n) is 5.76. The monoisotopic (exact) mass is 266 g/mol. The summed E-state index contributed by atoms with van der Waals surface area (Å²) >= 11 is 5.41. The second kappa shape index (κ2) is 5.02. The van der Waals surface area contributed by atoms with Crippen LogP contribution in [0.4, 0.5) is 0 Å². The topological polar surface area (TPSA) is 35.5 Å². The summed E-state index contributed by atoms with van der Waals surface area (Å²) in [5.41, 5.74) is 1.56. The summed E-state index contributed by atoms with van der Waals surface area (Å²) in [6.07, 6.45) is 2.09. The minimum absolute atomic E-state index is 0.105. The molecule has 0 radical (unpaired) electrons. The smallest absolute Gasteiger partial charge is 0.170 e. The maximum Gasteiger partial charge on any atom is 0.170 e. The zero-order valence-corrected chi connectivity index (χ0v) is 11.2. The number of ether oxygens (including phenoxy) is 2. The highest BCUT2D eigenvalue weighted by molar-refractivity contribution is 6.25. The Morgan fingerprint density at radius 3 is 3.00 bits per heavy atom. The lowest BCUT2D eigenvalue weighted by molar-refractivity contribution is 0.0618. The van der Waals surface area contributed by atoms with E-state index in [2.05, 4.69) is 0 Å². The molecule has 96 valence electrons. The molecule has 1 aromatic rings. The number of benzene rings is 1. The van der Waals surface area contributed by atoms with Crippen LogP contribution in [-0.2, 0) is 0 Å². The fourth-order valence-electron chi connectivity index (χ4n) is 1.90. The summed E-state index contributed by atoms with van der Waals surface area (Å²) in [6, 6.07) is 5.25. The highest BCUT2D eigenvalue weighted by Crippen LogP contribution is 2.35. The van der Waals surface area contributed by atoms with E-state index < -0.39 is 5.60 Å². The summed E-state index contributed by atoms with van der Waals surface area (Å²) in [4.78, 5) is 11.9. The van der Waals surface area contributed by atoms with Gasteiger partial charge < -0.3 is 9.47 Å². The minimum atomic E-state index is -0.460. The van der Waals surface area contributed by atoms with Crippen LogP contribution in [0.3, 0.4) is 0 Å². The van der Waals surface area contributed by atoms with Gasteiger partial charge in [-0.15, -0.1) is 0 Å². The van der Waals surface area contributed by atoms with E-state index >= 15 is 0 Å². The summed E-state index contributed by atoms with van der Waals surface area (Å²) in [7, 11) is 0. The Kier molecular flexibility index (Phi) is 3.62. The molecular formula is C14H15ClO3. The number of fused-ring (bicyclic) bond motifs is 1. The van der Waals surface area contributed by atoms with Crippen molar-refractivity contribution in [3.05, 3.63) is 35.4 Å². The largest absolute Gasteiger partial charge is 0.489 e. The number of ketones is 1. The first kappa shape index (κ1) is 13.0. The van der Waals surface area contributed by atoms with Gasteiger partial charge in [-0.05, 0) is 32.1 Å². The number of Topliss-reactive ketones (excluding diaryl/α,β-unsaturated/α-hetero) is 1. The molecule has 0 amide bonds. The van der Waals surface area contributed by atoms with Crippen molar-refractivity contribution in [2.45, 2.75) is 25.9 Å². The molecule has 18 heavy (non-hydrogen) atoms. The van der Waals surface area contributed by atoms with Gasteiger partial charge in [0.15, 0.2) is 5.78 Å². The number of hydrogen-bond donors (Lipinski definition) is 0. The molecule has 1 heterocycles. The Balaban J connectivity index is 2.23. The molecule has 0 unspecified atom stereocenters. The molecule has 0 spiro atoms. The van der Waals surface area contributed by atoms with Crippen LogP contribution in [0.5, 0.6) is 11.5 Å². The van der Waals surface area contributed by atoms with E-state index in [0.29, 0.717) is 30.1 Å². The SMILES string of the molecule is CC1(C)CC(=O)c2ccc(OCC=CCl)cc2O1. The second-order valence-corrected chi connectivity index (χ2v) is 5.04. The first-order valence-corrected chi connectivity index (χ1v) is 6.20. The van der Waals surface area contributed by atoms with Gasteiger partial charge in [-0.2, -0.15) is 0 Å². The van der Waals surface area contributed by atoms with Gasteiger partial charge in [0.25, 0.3) is 0 Å². The van der Waals surface area contributed by atoms with E-state index in [9.17, 15) is 4.79 Å². The molecule has 0 atom stereocenters. The molecule has 1 aromatic carbocycles. The molecule has 0 bridgehead atoms. The third-order valence-electron chi connectivity index (χ3n) is 2.66. The van der Waals surface area contributed by atoms with Crippen molar-refractivity contribution < 1.29 is 14.3 Å². The lowest BCUT2D eigenvalue weighted by Gasteiger charge is -2.31. The minimum Gasteiger partial charge on any atom is -0.489 e. The van der Waals surface area contributed by atoms with Crippen molar-refractivity contribution >= 4 is 17.4 Å². The number of hydrogen-bond acceptors (Lipinski definition) is 3. The molecule has 0 saturated heterocycles. The molecule has 4 heteroatoms. The lowest BCUT2D eigenvalue weighted by atomic mass is 9.93. The lowest BCUT2D eigenvalue weighted by Crippen LogP contribution is -2.35. The fourth-order valence-corrected chi connectivity index (χ4v) is 1.98. The van der Waals surface area contributed by atoms with E-state index in [1.807, 2.05) is 13.8 Å². The molecule has 0 fully saturated rings. The Hall–Kier alpha value is -1.48. The van der Waals surface area contributed by atoms with E-state index in [1.165, 1.54) is 5.54 Å². The standard InChI is InChI=1S/C14H15ClO3/c1-14(2)9-12(16)11-5-4-10(8-13(11)18-14)17-7-3-6-15/h3-6,8H,7,9H2,1-2H3. The average molecular weight is 267 g/mol. The Morgan fingerprint density at radius 2 is 2.28 bits per heavy atom. The van der Waals surface area contributed by atoms with Crippen LogP contribution in [0.15, 0.2) is 29.8 Å². The first-order chi connectivity index (χ1) is 8.52. The van der Waals surface area contributed by atoms with Gasteiger partial charge in [0.1, 0.15) is 23.7 Å². The highest BCUT2D eigenvalue weighted by atomic mass is 35.5. The molecule has 0 saturated carbocycles. The van der Waals surface area contributed by atoms with Crippen LogP contribution < -0.4 is 9.47 Å². The van der Waals surface area contributed by atoms with E-state index in [0.717, 1.165) is 0 Å². The predicted octanol–water partition coefficient (Wildman–Crippen LogP) is 3.56. The van der Waals surface area contributed by atoms with Crippen molar-refractivity contribution in [1.29, 1.82) is 0 Å². The highest BCUT2D eigenvalue weighted by Gasteiger charge is 2.32. The molecule has 2 rings (SSSR count). The van der Waals surface area contributed by atoms with Crippen molar-refractivity contribution in [2.24, 2.45) is 0 Å². The zero-order chi connectivity index (χ0) is 13.2. The summed E-state index contributed by atoms with van der Waals surface area (Å²) < 4.78 is 11.2. The summed E-state index contributed by atoms with van der Waals surface area (Å²) in [5, 5.41) is 0. The van der Waals surface area contributed by atoms with Crippen LogP contribution in [0.1, 0.15) is 30.6 Å². The summed E-state index contributed by atoms with van der Waals surface area (Å²) in [6.45, 7) is 4.19. The second-order valence-electron chi connectivity index (χ2n) is 4.79. The third-order valence-corrected chi connectivity index (χ3v) is 2.84. The predicted molar refractivity (Wildman–Crippen MR) is 70.6 cm³/mol. The zero-order valence-electron chi connectivity index (χ0n) is 10.4.